The number of hydrogen-bond donors (Lipinski definition) is 2. The molecule has 1 fully saturated rings. The molecular weight excluding hydrogens is 231 g/mol. The van der Waals surface area contributed by atoms with Gasteiger partial charge in [-0.3, -0.25) is 4.79 Å². The molecule has 2 rings (SSSR count). The lowest BCUT2D eigenvalue weighted by atomic mass is 9.80. The van der Waals surface area contributed by atoms with Crippen LogP contribution in [0, 0.1) is 18.2 Å². The molecular formula is C14H19FN2O. The summed E-state index contributed by atoms with van der Waals surface area (Å²) in [5.41, 5.74) is 0.715. The lowest BCUT2D eigenvalue weighted by molar-refractivity contribution is -0.126. The Kier molecular flexibility index (Phi) is 3.66. The van der Waals surface area contributed by atoms with Crippen molar-refractivity contribution in [2.45, 2.75) is 26.7 Å². The lowest BCUT2D eigenvalue weighted by Gasteiger charge is -2.32. The van der Waals surface area contributed by atoms with Gasteiger partial charge in [0.15, 0.2) is 0 Å². The zero-order valence-corrected chi connectivity index (χ0v) is 10.8. The highest BCUT2D eigenvalue weighted by atomic mass is 19.1. The minimum atomic E-state index is -0.400. The molecule has 1 aliphatic heterocycles. The third kappa shape index (κ3) is 2.70. The Bertz CT molecular complexity index is 453. The summed E-state index contributed by atoms with van der Waals surface area (Å²) < 4.78 is 13.7. The van der Waals surface area contributed by atoms with E-state index in [2.05, 4.69) is 10.6 Å². The highest BCUT2D eigenvalue weighted by Crippen LogP contribution is 2.30. The van der Waals surface area contributed by atoms with E-state index in [4.69, 9.17) is 0 Å². The summed E-state index contributed by atoms with van der Waals surface area (Å²) in [6, 6.07) is 4.84. The summed E-state index contributed by atoms with van der Waals surface area (Å²) in [5.74, 6) is -0.465. The van der Waals surface area contributed by atoms with E-state index >= 15 is 0 Å². The van der Waals surface area contributed by atoms with Crippen molar-refractivity contribution in [3.8, 4) is 0 Å². The highest BCUT2D eigenvalue weighted by Gasteiger charge is 2.34. The number of aryl methyl sites for hydroxylation is 1. The summed E-state index contributed by atoms with van der Waals surface area (Å²) in [6.45, 7) is 5.43. The van der Waals surface area contributed by atoms with Crippen LogP contribution in [0.4, 0.5) is 10.1 Å². The number of amides is 1. The van der Waals surface area contributed by atoms with Crippen LogP contribution in [-0.2, 0) is 4.79 Å². The van der Waals surface area contributed by atoms with Crippen molar-refractivity contribution < 1.29 is 9.18 Å². The molecule has 1 aromatic carbocycles. The average molecular weight is 250 g/mol. The number of hydrogen-bond acceptors (Lipinski definition) is 2. The van der Waals surface area contributed by atoms with Crippen LogP contribution in [0.3, 0.4) is 0 Å². The second-order valence-corrected chi connectivity index (χ2v) is 5.25. The molecule has 2 N–H and O–H groups in total. The Hall–Kier alpha value is -1.42. The molecule has 1 amide bonds. The Balaban J connectivity index is 2.11. The second-order valence-electron chi connectivity index (χ2n) is 5.25. The molecule has 0 aliphatic carbocycles. The Labute approximate surface area is 107 Å². The van der Waals surface area contributed by atoms with Crippen LogP contribution in [0.15, 0.2) is 18.2 Å². The summed E-state index contributed by atoms with van der Waals surface area (Å²) in [4.78, 5) is 12.2. The number of piperidine rings is 1. The molecule has 1 aromatic rings. The molecule has 1 heterocycles. The van der Waals surface area contributed by atoms with E-state index < -0.39 is 5.41 Å². The number of carbonyl (C=O) groups is 1. The first-order valence-corrected chi connectivity index (χ1v) is 6.30. The van der Waals surface area contributed by atoms with Crippen LogP contribution in [-0.4, -0.2) is 19.0 Å². The number of nitrogens with one attached hydrogen (secondary N) is 2. The fourth-order valence-electron chi connectivity index (χ4n) is 2.20. The van der Waals surface area contributed by atoms with E-state index in [9.17, 15) is 9.18 Å². The third-order valence-corrected chi connectivity index (χ3v) is 3.63. The number of benzene rings is 1. The van der Waals surface area contributed by atoms with Crippen molar-refractivity contribution in [2.75, 3.05) is 18.4 Å². The standard InChI is InChI=1S/C14H19FN2O/c1-10-3-4-12(11(15)9-10)17-13(18)14(2)5-7-16-8-6-14/h3-4,9,16H,5-8H2,1-2H3,(H,17,18). The fraction of sp³-hybridized carbons (Fsp3) is 0.500. The van der Waals surface area contributed by atoms with Crippen LogP contribution in [0.25, 0.3) is 0 Å². The van der Waals surface area contributed by atoms with E-state index in [1.54, 1.807) is 12.1 Å². The maximum Gasteiger partial charge on any atom is 0.230 e. The second kappa shape index (κ2) is 5.06. The first kappa shape index (κ1) is 13.0. The Morgan fingerprint density at radius 3 is 2.67 bits per heavy atom. The van der Waals surface area contributed by atoms with Gasteiger partial charge in [-0.15, -0.1) is 0 Å². The lowest BCUT2D eigenvalue weighted by Crippen LogP contribution is -2.42. The van der Waals surface area contributed by atoms with Gasteiger partial charge in [0.2, 0.25) is 5.91 Å². The predicted octanol–water partition coefficient (Wildman–Crippen LogP) is 2.46. The van der Waals surface area contributed by atoms with Crippen molar-refractivity contribution in [1.82, 2.24) is 5.32 Å². The van der Waals surface area contributed by atoms with E-state index in [-0.39, 0.29) is 17.4 Å². The molecule has 18 heavy (non-hydrogen) atoms. The van der Waals surface area contributed by atoms with Gasteiger partial charge in [-0.2, -0.15) is 0 Å². The van der Waals surface area contributed by atoms with E-state index in [0.29, 0.717) is 0 Å². The fourth-order valence-corrected chi connectivity index (χ4v) is 2.20. The number of anilines is 1. The molecule has 0 spiro atoms. The number of carbonyl (C=O) groups excluding carboxylic acids is 1. The molecule has 4 heteroatoms. The van der Waals surface area contributed by atoms with Gasteiger partial charge >= 0.3 is 0 Å². The number of rotatable bonds is 2. The van der Waals surface area contributed by atoms with Crippen molar-refractivity contribution in [2.24, 2.45) is 5.41 Å². The van der Waals surface area contributed by atoms with Gasteiger partial charge in [0, 0.05) is 5.41 Å². The first-order valence-electron chi connectivity index (χ1n) is 6.30. The van der Waals surface area contributed by atoms with Gasteiger partial charge < -0.3 is 10.6 Å². The van der Waals surface area contributed by atoms with Crippen LogP contribution < -0.4 is 10.6 Å². The van der Waals surface area contributed by atoms with Crippen LogP contribution in [0.5, 0.6) is 0 Å². The summed E-state index contributed by atoms with van der Waals surface area (Å²) in [6.07, 6.45) is 1.57. The first-order chi connectivity index (χ1) is 8.51. The van der Waals surface area contributed by atoms with Crippen LogP contribution >= 0.6 is 0 Å². The van der Waals surface area contributed by atoms with Gasteiger partial charge in [-0.1, -0.05) is 13.0 Å². The predicted molar refractivity (Wildman–Crippen MR) is 70.0 cm³/mol. The summed E-state index contributed by atoms with van der Waals surface area (Å²) in [5, 5.41) is 5.93. The van der Waals surface area contributed by atoms with Crippen molar-refractivity contribution in [3.63, 3.8) is 0 Å². The van der Waals surface area contributed by atoms with E-state index in [0.717, 1.165) is 31.5 Å². The van der Waals surface area contributed by atoms with Crippen molar-refractivity contribution in [3.05, 3.63) is 29.6 Å². The van der Waals surface area contributed by atoms with Gasteiger partial charge in [0.1, 0.15) is 5.82 Å². The maximum absolute atomic E-state index is 13.7. The van der Waals surface area contributed by atoms with E-state index in [1.807, 2.05) is 13.8 Å². The Morgan fingerprint density at radius 2 is 2.06 bits per heavy atom. The van der Waals surface area contributed by atoms with Crippen LogP contribution in [0.1, 0.15) is 25.3 Å². The molecule has 0 bridgehead atoms. The Morgan fingerprint density at radius 1 is 1.39 bits per heavy atom. The van der Waals surface area contributed by atoms with Crippen molar-refractivity contribution in [1.29, 1.82) is 0 Å². The zero-order valence-electron chi connectivity index (χ0n) is 10.8. The molecule has 1 saturated heterocycles. The molecule has 0 saturated carbocycles. The summed E-state index contributed by atoms with van der Waals surface area (Å²) in [7, 11) is 0. The molecule has 98 valence electrons. The molecule has 1 aliphatic rings. The molecule has 0 unspecified atom stereocenters. The summed E-state index contributed by atoms with van der Waals surface area (Å²) >= 11 is 0. The van der Waals surface area contributed by atoms with Crippen LogP contribution in [0.2, 0.25) is 0 Å². The van der Waals surface area contributed by atoms with Gasteiger partial charge in [-0.25, -0.2) is 4.39 Å². The topological polar surface area (TPSA) is 41.1 Å². The van der Waals surface area contributed by atoms with Gasteiger partial charge in [0.05, 0.1) is 5.69 Å². The minimum absolute atomic E-state index is 0.0910. The zero-order chi connectivity index (χ0) is 13.2. The monoisotopic (exact) mass is 250 g/mol. The average Bonchev–Trinajstić information content (AvgIpc) is 2.33. The van der Waals surface area contributed by atoms with Crippen molar-refractivity contribution >= 4 is 11.6 Å². The third-order valence-electron chi connectivity index (χ3n) is 3.63. The van der Waals surface area contributed by atoms with E-state index in [1.165, 1.54) is 6.07 Å². The molecule has 0 aromatic heterocycles. The van der Waals surface area contributed by atoms with Gasteiger partial charge in [-0.05, 0) is 50.6 Å². The molecule has 0 atom stereocenters. The largest absolute Gasteiger partial charge is 0.323 e. The SMILES string of the molecule is Cc1ccc(NC(=O)C2(C)CCNCC2)c(F)c1. The normalized spacial score (nSPS) is 18.4. The van der Waals surface area contributed by atoms with Gasteiger partial charge in [0.25, 0.3) is 0 Å². The minimum Gasteiger partial charge on any atom is -0.323 e. The quantitative estimate of drug-likeness (QED) is 0.846. The molecule has 0 radical (unpaired) electrons. The maximum atomic E-state index is 13.7. The smallest absolute Gasteiger partial charge is 0.230 e. The number of halogens is 1. The molecule has 3 nitrogen and oxygen atoms in total. The highest BCUT2D eigenvalue weighted by molar-refractivity contribution is 5.95.